The van der Waals surface area contributed by atoms with Crippen molar-refractivity contribution in [1.82, 2.24) is 10.6 Å². The molecule has 1 aliphatic rings. The van der Waals surface area contributed by atoms with E-state index in [9.17, 15) is 14.0 Å². The maximum Gasteiger partial charge on any atom is 0.255 e. The van der Waals surface area contributed by atoms with Gasteiger partial charge in [-0.05, 0) is 81.4 Å². The summed E-state index contributed by atoms with van der Waals surface area (Å²) in [4.78, 5) is 26.0. The summed E-state index contributed by atoms with van der Waals surface area (Å²) in [5.41, 5.74) is 5.17. The van der Waals surface area contributed by atoms with E-state index in [2.05, 4.69) is 16.0 Å². The van der Waals surface area contributed by atoms with E-state index in [1.54, 1.807) is 25.2 Å². The molecule has 3 N–H and O–H groups in total. The quantitative estimate of drug-likeness (QED) is 0.310. The van der Waals surface area contributed by atoms with Crippen LogP contribution in [0.15, 0.2) is 71.3 Å². The van der Waals surface area contributed by atoms with Crippen molar-refractivity contribution in [3.05, 3.63) is 89.4 Å². The summed E-state index contributed by atoms with van der Waals surface area (Å²) in [5.74, 6) is -0.459. The number of carbonyl (C=O) groups is 2. The highest BCUT2D eigenvalue weighted by Crippen LogP contribution is 2.44. The monoisotopic (exact) mass is 497 g/mol. The summed E-state index contributed by atoms with van der Waals surface area (Å²) in [5, 5.41) is 9.70. The lowest BCUT2D eigenvalue weighted by atomic mass is 9.92. The molecule has 0 radical (unpaired) electrons. The van der Waals surface area contributed by atoms with Gasteiger partial charge in [-0.2, -0.15) is 0 Å². The molecule has 0 bridgehead atoms. The van der Waals surface area contributed by atoms with Crippen LogP contribution in [0.3, 0.4) is 0 Å². The predicted molar refractivity (Wildman–Crippen MR) is 144 cm³/mol. The fraction of sp³-hybridized carbons (Fsp3) is 0.200. The topological polar surface area (TPSA) is 83.4 Å². The summed E-state index contributed by atoms with van der Waals surface area (Å²) >= 11 is 0. The standard InChI is InChI=1S/C30H28FN3O3/c1-30(2,3)34-28(35)19-8-5-7-18(15-19)22-16-23-24(29(36)32-4)26(17-10-12-20(31)13-11-17)37-27(23)21-9-6-14-33-25(21)22/h5-8,10-16,33H,9H2,1-4H3,(H,32,36)(H,34,35). The molecule has 3 aromatic carbocycles. The molecule has 0 saturated carbocycles. The van der Waals surface area contributed by atoms with Crippen molar-refractivity contribution >= 4 is 28.5 Å². The Bertz CT molecular complexity index is 1560. The molecule has 2 amide bonds. The highest BCUT2D eigenvalue weighted by molar-refractivity contribution is 6.14. The molecule has 4 aromatic rings. The van der Waals surface area contributed by atoms with E-state index in [1.165, 1.54) is 12.1 Å². The van der Waals surface area contributed by atoms with Crippen LogP contribution in [0.25, 0.3) is 33.4 Å². The summed E-state index contributed by atoms with van der Waals surface area (Å²) in [7, 11) is 1.57. The highest BCUT2D eigenvalue weighted by atomic mass is 19.1. The Morgan fingerprint density at radius 1 is 1.00 bits per heavy atom. The van der Waals surface area contributed by atoms with Gasteiger partial charge in [0, 0.05) is 40.2 Å². The van der Waals surface area contributed by atoms with Gasteiger partial charge in [0.05, 0.1) is 11.3 Å². The van der Waals surface area contributed by atoms with Crippen molar-refractivity contribution in [2.75, 3.05) is 12.4 Å². The summed E-state index contributed by atoms with van der Waals surface area (Å²) < 4.78 is 20.0. The van der Waals surface area contributed by atoms with Gasteiger partial charge in [0.25, 0.3) is 11.8 Å². The molecule has 188 valence electrons. The largest absolute Gasteiger partial charge is 0.455 e. The van der Waals surface area contributed by atoms with Crippen molar-refractivity contribution in [3.8, 4) is 22.5 Å². The third-order valence-electron chi connectivity index (χ3n) is 6.23. The molecule has 0 saturated heterocycles. The number of furan rings is 1. The molecular weight excluding hydrogens is 469 g/mol. The van der Waals surface area contributed by atoms with Crippen LogP contribution in [0.1, 0.15) is 47.1 Å². The molecule has 6 nitrogen and oxygen atoms in total. The number of anilines is 1. The second-order valence-electron chi connectivity index (χ2n) is 10.1. The molecule has 2 heterocycles. The smallest absolute Gasteiger partial charge is 0.255 e. The Morgan fingerprint density at radius 2 is 1.76 bits per heavy atom. The van der Waals surface area contributed by atoms with Gasteiger partial charge < -0.3 is 20.4 Å². The number of allylic oxidation sites excluding steroid dienone is 1. The van der Waals surface area contributed by atoms with Crippen LogP contribution in [-0.4, -0.2) is 24.4 Å². The maximum absolute atomic E-state index is 13.6. The Morgan fingerprint density at radius 3 is 2.46 bits per heavy atom. The van der Waals surface area contributed by atoms with Crippen LogP contribution in [0.2, 0.25) is 0 Å². The molecule has 1 aromatic heterocycles. The fourth-order valence-corrected chi connectivity index (χ4v) is 4.60. The lowest BCUT2D eigenvalue weighted by molar-refractivity contribution is 0.0918. The zero-order chi connectivity index (χ0) is 26.3. The minimum atomic E-state index is -0.370. The molecule has 1 aliphatic heterocycles. The Balaban J connectivity index is 1.74. The minimum absolute atomic E-state index is 0.162. The number of benzene rings is 3. The number of amides is 2. The zero-order valence-electron chi connectivity index (χ0n) is 21.2. The van der Waals surface area contributed by atoms with E-state index in [0.717, 1.165) is 22.4 Å². The first-order valence-electron chi connectivity index (χ1n) is 12.1. The van der Waals surface area contributed by atoms with Gasteiger partial charge in [0.1, 0.15) is 17.2 Å². The molecule has 0 spiro atoms. The second kappa shape index (κ2) is 9.24. The van der Waals surface area contributed by atoms with Gasteiger partial charge in [0.15, 0.2) is 0 Å². The summed E-state index contributed by atoms with van der Waals surface area (Å²) in [6, 6.07) is 15.2. The van der Waals surface area contributed by atoms with E-state index in [0.29, 0.717) is 39.8 Å². The van der Waals surface area contributed by atoms with Crippen molar-refractivity contribution in [1.29, 1.82) is 0 Å². The van der Waals surface area contributed by atoms with Gasteiger partial charge in [0.2, 0.25) is 0 Å². The Kier molecular flexibility index (Phi) is 6.07. The van der Waals surface area contributed by atoms with Crippen molar-refractivity contribution in [3.63, 3.8) is 0 Å². The first kappa shape index (κ1) is 24.3. The van der Waals surface area contributed by atoms with E-state index in [4.69, 9.17) is 4.42 Å². The zero-order valence-corrected chi connectivity index (χ0v) is 21.2. The number of fused-ring (bicyclic) bond motifs is 3. The van der Waals surface area contributed by atoms with Crippen molar-refractivity contribution in [2.24, 2.45) is 0 Å². The number of carbonyl (C=O) groups excluding carboxylic acids is 2. The van der Waals surface area contributed by atoms with Gasteiger partial charge in [-0.15, -0.1) is 0 Å². The third-order valence-corrected chi connectivity index (χ3v) is 6.23. The summed E-state index contributed by atoms with van der Waals surface area (Å²) in [6.45, 7) is 5.81. The Labute approximate surface area is 214 Å². The molecular formula is C30H28FN3O3. The van der Waals surface area contributed by atoms with Crippen LogP contribution in [0.5, 0.6) is 0 Å². The Hall–Kier alpha value is -4.39. The number of rotatable bonds is 4. The molecule has 0 unspecified atom stereocenters. The first-order valence-corrected chi connectivity index (χ1v) is 12.1. The molecule has 0 aliphatic carbocycles. The van der Waals surface area contributed by atoms with E-state index < -0.39 is 0 Å². The van der Waals surface area contributed by atoms with Crippen LogP contribution in [-0.2, 0) is 6.42 Å². The number of hydrogen-bond acceptors (Lipinski definition) is 4. The van der Waals surface area contributed by atoms with Crippen LogP contribution in [0.4, 0.5) is 10.1 Å². The van der Waals surface area contributed by atoms with Gasteiger partial charge >= 0.3 is 0 Å². The van der Waals surface area contributed by atoms with Crippen LogP contribution >= 0.6 is 0 Å². The van der Waals surface area contributed by atoms with Gasteiger partial charge in [-0.1, -0.05) is 18.2 Å². The fourth-order valence-electron chi connectivity index (χ4n) is 4.60. The molecule has 7 heteroatoms. The van der Waals surface area contributed by atoms with Crippen molar-refractivity contribution in [2.45, 2.75) is 32.7 Å². The maximum atomic E-state index is 13.6. The lowest BCUT2D eigenvalue weighted by Gasteiger charge is -2.21. The summed E-state index contributed by atoms with van der Waals surface area (Å²) in [6.07, 6.45) is 4.45. The molecule has 37 heavy (non-hydrogen) atoms. The van der Waals surface area contributed by atoms with E-state index >= 15 is 0 Å². The normalized spacial score (nSPS) is 12.7. The van der Waals surface area contributed by atoms with Gasteiger partial charge in [-0.3, -0.25) is 9.59 Å². The molecule has 0 atom stereocenters. The number of nitrogens with one attached hydrogen (secondary N) is 3. The SMILES string of the molecule is CNC(=O)c1c(-c2ccc(F)cc2)oc2c3c(c(-c4cccc(C(=O)NC(C)(C)C)c4)cc12)NC=CC3. The van der Waals surface area contributed by atoms with Crippen LogP contribution in [0, 0.1) is 5.82 Å². The van der Waals surface area contributed by atoms with E-state index in [-0.39, 0.29) is 23.2 Å². The number of hydrogen-bond donors (Lipinski definition) is 3. The molecule has 0 fully saturated rings. The van der Waals surface area contributed by atoms with Crippen molar-refractivity contribution < 1.29 is 18.4 Å². The van der Waals surface area contributed by atoms with Gasteiger partial charge in [-0.25, -0.2) is 4.39 Å². The number of halogens is 1. The van der Waals surface area contributed by atoms with E-state index in [1.807, 2.05) is 57.3 Å². The predicted octanol–water partition coefficient (Wildman–Crippen LogP) is 6.28. The second-order valence-corrected chi connectivity index (χ2v) is 10.1. The third kappa shape index (κ3) is 4.60. The minimum Gasteiger partial charge on any atom is -0.455 e. The highest BCUT2D eigenvalue weighted by Gasteiger charge is 2.27. The molecule has 5 rings (SSSR count). The average Bonchev–Trinajstić information content (AvgIpc) is 3.27. The first-order chi connectivity index (χ1) is 17.7. The lowest BCUT2D eigenvalue weighted by Crippen LogP contribution is -2.40. The average molecular weight is 498 g/mol. The van der Waals surface area contributed by atoms with Crippen LogP contribution < -0.4 is 16.0 Å².